The van der Waals surface area contributed by atoms with Gasteiger partial charge in [0.25, 0.3) is 0 Å². The summed E-state index contributed by atoms with van der Waals surface area (Å²) in [6.07, 6.45) is 1.45. The van der Waals surface area contributed by atoms with Gasteiger partial charge in [-0.3, -0.25) is 9.69 Å². The molecule has 0 unspecified atom stereocenters. The molecule has 0 bridgehead atoms. The monoisotopic (exact) mass is 445 g/mol. The zero-order valence-corrected chi connectivity index (χ0v) is 19.1. The number of para-hydroxylation sites is 2. The molecule has 3 aromatic carbocycles. The lowest BCUT2D eigenvalue weighted by atomic mass is 9.68. The number of esters is 1. The molecule has 5 heteroatoms. The zero-order valence-electron chi connectivity index (χ0n) is 19.1. The molecule has 1 N–H and O–H groups in total. The smallest absolute Gasteiger partial charge is 0.321 e. The molecule has 1 heterocycles. The van der Waals surface area contributed by atoms with Crippen molar-refractivity contribution in [1.29, 1.82) is 0 Å². The summed E-state index contributed by atoms with van der Waals surface area (Å²) in [4.78, 5) is 16.1. The maximum Gasteiger partial charge on any atom is 0.321 e. The molecule has 0 atom stereocenters. The van der Waals surface area contributed by atoms with E-state index >= 15 is 0 Å². The number of carbonyl (C=O) groups is 1. The van der Waals surface area contributed by atoms with E-state index in [0.29, 0.717) is 31.0 Å². The van der Waals surface area contributed by atoms with Gasteiger partial charge in [0.2, 0.25) is 0 Å². The first kappa shape index (κ1) is 23.0. The number of hydrogen-bond donors (Lipinski definition) is 1. The van der Waals surface area contributed by atoms with E-state index in [1.807, 2.05) is 78.9 Å². The Hall–Kier alpha value is -3.15. The van der Waals surface area contributed by atoms with Crippen molar-refractivity contribution in [3.63, 3.8) is 0 Å². The van der Waals surface area contributed by atoms with Crippen molar-refractivity contribution in [2.24, 2.45) is 0 Å². The minimum Gasteiger partial charge on any atom is -0.463 e. The Bertz CT molecular complexity index is 1010. The Labute approximate surface area is 195 Å². The van der Waals surface area contributed by atoms with Crippen molar-refractivity contribution in [3.05, 3.63) is 95.6 Å². The normalized spacial score (nSPS) is 13.7. The highest BCUT2D eigenvalue weighted by atomic mass is 16.5. The average molecular weight is 446 g/mol. The molecule has 0 fully saturated rings. The molecule has 0 aliphatic carbocycles. The molecule has 5 nitrogen and oxygen atoms in total. The van der Waals surface area contributed by atoms with Crippen LogP contribution in [0.2, 0.25) is 0 Å². The van der Waals surface area contributed by atoms with Gasteiger partial charge < -0.3 is 14.6 Å². The van der Waals surface area contributed by atoms with Gasteiger partial charge in [0.05, 0.1) is 6.61 Å². The Balaban J connectivity index is 1.72. The van der Waals surface area contributed by atoms with Crippen LogP contribution in [0.15, 0.2) is 78.9 Å². The Morgan fingerprint density at radius 2 is 1.48 bits per heavy atom. The van der Waals surface area contributed by atoms with E-state index in [4.69, 9.17) is 9.47 Å². The summed E-state index contributed by atoms with van der Waals surface area (Å²) in [5.41, 5.74) is 1.67. The Morgan fingerprint density at radius 3 is 2.09 bits per heavy atom. The second kappa shape index (κ2) is 10.6. The lowest BCUT2D eigenvalue weighted by Crippen LogP contribution is -2.44. The van der Waals surface area contributed by atoms with Gasteiger partial charge in [0.15, 0.2) is 0 Å². The summed E-state index contributed by atoms with van der Waals surface area (Å²) in [7, 11) is 0. The Morgan fingerprint density at radius 1 is 0.879 bits per heavy atom. The van der Waals surface area contributed by atoms with Crippen molar-refractivity contribution in [1.82, 2.24) is 4.90 Å². The van der Waals surface area contributed by atoms with Crippen LogP contribution in [0, 0.1) is 0 Å². The summed E-state index contributed by atoms with van der Waals surface area (Å²) in [6.45, 7) is 4.46. The lowest BCUT2D eigenvalue weighted by molar-refractivity contribution is -0.149. The molecule has 1 aliphatic rings. The molecule has 4 rings (SSSR count). The number of benzene rings is 3. The molecule has 0 spiro atoms. The molecule has 0 saturated heterocycles. The number of aliphatic hydroxyl groups excluding tert-OH is 1. The van der Waals surface area contributed by atoms with Crippen LogP contribution in [-0.4, -0.2) is 48.8 Å². The van der Waals surface area contributed by atoms with Crippen molar-refractivity contribution >= 4 is 5.97 Å². The SMILES string of the molecule is CCCN(CCO)CCOC(=O)C1(Cc2ccccc2)c2ccccc2Oc2ccccc21. The van der Waals surface area contributed by atoms with Gasteiger partial charge in [-0.05, 0) is 37.1 Å². The maximum absolute atomic E-state index is 14.0. The number of carbonyl (C=O) groups excluding carboxylic acids is 1. The quantitative estimate of drug-likeness (QED) is 0.464. The highest BCUT2D eigenvalue weighted by Gasteiger charge is 2.49. The third-order valence-corrected chi connectivity index (χ3v) is 6.17. The van der Waals surface area contributed by atoms with Crippen LogP contribution in [0.1, 0.15) is 30.0 Å². The molecular weight excluding hydrogens is 414 g/mol. The van der Waals surface area contributed by atoms with Gasteiger partial charge in [-0.1, -0.05) is 73.7 Å². The van der Waals surface area contributed by atoms with Crippen LogP contribution in [0.5, 0.6) is 11.5 Å². The fourth-order valence-corrected chi connectivity index (χ4v) is 4.65. The van der Waals surface area contributed by atoms with E-state index < -0.39 is 5.41 Å². The zero-order chi connectivity index (χ0) is 23.1. The van der Waals surface area contributed by atoms with Crippen LogP contribution in [0.3, 0.4) is 0 Å². The fraction of sp³-hybridized carbons (Fsp3) is 0.321. The highest BCUT2D eigenvalue weighted by molar-refractivity contribution is 5.91. The summed E-state index contributed by atoms with van der Waals surface area (Å²) in [5.74, 6) is 1.07. The first-order valence-corrected chi connectivity index (χ1v) is 11.6. The summed E-state index contributed by atoms with van der Waals surface area (Å²) < 4.78 is 12.2. The van der Waals surface area contributed by atoms with Crippen LogP contribution >= 0.6 is 0 Å². The Kier molecular flexibility index (Phi) is 7.43. The molecule has 172 valence electrons. The van der Waals surface area contributed by atoms with Crippen molar-refractivity contribution in [2.45, 2.75) is 25.2 Å². The number of ether oxygens (including phenoxy) is 2. The van der Waals surface area contributed by atoms with Gasteiger partial charge >= 0.3 is 5.97 Å². The fourth-order valence-electron chi connectivity index (χ4n) is 4.65. The topological polar surface area (TPSA) is 59.0 Å². The third-order valence-electron chi connectivity index (χ3n) is 6.17. The second-order valence-corrected chi connectivity index (χ2v) is 8.36. The first-order chi connectivity index (χ1) is 16.2. The van der Waals surface area contributed by atoms with Crippen molar-refractivity contribution < 1.29 is 19.4 Å². The summed E-state index contributed by atoms with van der Waals surface area (Å²) >= 11 is 0. The van der Waals surface area contributed by atoms with Crippen LogP contribution in [-0.2, 0) is 21.4 Å². The van der Waals surface area contributed by atoms with Crippen LogP contribution in [0.4, 0.5) is 0 Å². The van der Waals surface area contributed by atoms with Crippen LogP contribution < -0.4 is 4.74 Å². The average Bonchev–Trinajstić information content (AvgIpc) is 2.84. The predicted molar refractivity (Wildman–Crippen MR) is 129 cm³/mol. The molecule has 0 saturated carbocycles. The van der Waals surface area contributed by atoms with E-state index in [9.17, 15) is 9.90 Å². The largest absolute Gasteiger partial charge is 0.463 e. The molecule has 33 heavy (non-hydrogen) atoms. The van der Waals surface area contributed by atoms with Crippen LogP contribution in [0.25, 0.3) is 0 Å². The first-order valence-electron chi connectivity index (χ1n) is 11.6. The molecular formula is C28H31NO4. The molecule has 3 aromatic rings. The minimum atomic E-state index is -1.01. The van der Waals surface area contributed by atoms with E-state index in [2.05, 4.69) is 11.8 Å². The number of rotatable bonds is 10. The number of nitrogens with zero attached hydrogens (tertiary/aromatic N) is 1. The predicted octanol–water partition coefficient (Wildman–Crippen LogP) is 4.57. The number of aliphatic hydroxyl groups is 1. The van der Waals surface area contributed by atoms with Gasteiger partial charge in [0.1, 0.15) is 23.5 Å². The van der Waals surface area contributed by atoms with Crippen molar-refractivity contribution in [2.75, 3.05) is 32.8 Å². The molecule has 0 amide bonds. The molecule has 1 aliphatic heterocycles. The molecule has 0 radical (unpaired) electrons. The minimum absolute atomic E-state index is 0.0873. The summed E-state index contributed by atoms with van der Waals surface area (Å²) in [5, 5.41) is 9.34. The van der Waals surface area contributed by atoms with E-state index in [0.717, 1.165) is 29.7 Å². The highest BCUT2D eigenvalue weighted by Crippen LogP contribution is 2.50. The standard InChI is InChI=1S/C28H31NO4/c1-2-16-29(17-19-30)18-20-32-27(31)28(21-22-10-4-3-5-11-22)23-12-6-8-14-25(23)33-26-15-9-7-13-24(26)28/h3-15,30H,2,16-21H2,1H3. The van der Waals surface area contributed by atoms with E-state index in [1.165, 1.54) is 0 Å². The number of hydrogen-bond acceptors (Lipinski definition) is 5. The van der Waals surface area contributed by atoms with Gasteiger partial charge in [0, 0.05) is 24.2 Å². The van der Waals surface area contributed by atoms with Crippen molar-refractivity contribution in [3.8, 4) is 11.5 Å². The third kappa shape index (κ3) is 4.80. The van der Waals surface area contributed by atoms with Gasteiger partial charge in [-0.2, -0.15) is 0 Å². The molecule has 0 aromatic heterocycles. The second-order valence-electron chi connectivity index (χ2n) is 8.36. The van der Waals surface area contributed by atoms with Gasteiger partial charge in [-0.15, -0.1) is 0 Å². The lowest BCUT2D eigenvalue weighted by Gasteiger charge is -2.38. The summed E-state index contributed by atoms with van der Waals surface area (Å²) in [6, 6.07) is 25.5. The van der Waals surface area contributed by atoms with E-state index in [-0.39, 0.29) is 19.2 Å². The number of fused-ring (bicyclic) bond motifs is 2. The maximum atomic E-state index is 14.0. The van der Waals surface area contributed by atoms with E-state index in [1.54, 1.807) is 0 Å². The van der Waals surface area contributed by atoms with Gasteiger partial charge in [-0.25, -0.2) is 0 Å².